The van der Waals surface area contributed by atoms with Gasteiger partial charge in [-0.3, -0.25) is 10.2 Å². The van der Waals surface area contributed by atoms with Gasteiger partial charge in [0.15, 0.2) is 6.79 Å². The number of rotatable bonds is 13. The number of halogens is 1. The molecule has 0 saturated heterocycles. The lowest BCUT2D eigenvalue weighted by molar-refractivity contribution is -0.151. The van der Waals surface area contributed by atoms with Crippen molar-refractivity contribution in [1.82, 2.24) is 9.97 Å². The minimum absolute atomic E-state index is 0.0978. The number of carbonyl (C=O) groups excluding carboxylic acids is 1. The summed E-state index contributed by atoms with van der Waals surface area (Å²) in [6, 6.07) is 21.4. The fourth-order valence-corrected chi connectivity index (χ4v) is 5.11. The van der Waals surface area contributed by atoms with Gasteiger partial charge in [0.05, 0.1) is 36.9 Å². The maximum atomic E-state index is 14.9. The predicted octanol–water partition coefficient (Wildman–Crippen LogP) is 4.28. The van der Waals surface area contributed by atoms with E-state index < -0.39 is 30.4 Å². The molecular formula is C34H33FN4O7. The molecule has 1 heterocycles. The van der Waals surface area contributed by atoms with E-state index in [0.29, 0.717) is 22.2 Å². The second-order valence-electron chi connectivity index (χ2n) is 10.5. The van der Waals surface area contributed by atoms with E-state index in [4.69, 9.17) is 35.1 Å². The molecule has 0 radical (unpaired) electrons. The zero-order valence-electron chi connectivity index (χ0n) is 25.2. The number of amidine groups is 1. The second kappa shape index (κ2) is 13.8. The number of aliphatic hydroxyl groups excluding tert-OH is 2. The third kappa shape index (κ3) is 6.26. The van der Waals surface area contributed by atoms with Crippen LogP contribution in [-0.4, -0.2) is 66.2 Å². The average molecular weight is 629 g/mol. The van der Waals surface area contributed by atoms with Crippen LogP contribution in [0.2, 0.25) is 0 Å². The monoisotopic (exact) mass is 628 g/mol. The number of aromatic nitrogens is 2. The molecule has 5 rings (SSSR count). The topological polar surface area (TPSA) is 173 Å². The molecule has 1 aromatic heterocycles. The van der Waals surface area contributed by atoms with E-state index in [1.807, 2.05) is 30.3 Å². The zero-order valence-corrected chi connectivity index (χ0v) is 25.2. The van der Waals surface area contributed by atoms with Gasteiger partial charge in [-0.05, 0) is 59.7 Å². The van der Waals surface area contributed by atoms with Crippen molar-refractivity contribution in [2.45, 2.75) is 12.0 Å². The Kier molecular flexibility index (Phi) is 9.61. The number of carbonyl (C=O) groups is 1. The van der Waals surface area contributed by atoms with Crippen molar-refractivity contribution in [3.63, 3.8) is 0 Å². The number of nitrogen functional groups attached to an aromatic ring is 1. The zero-order chi connectivity index (χ0) is 32.8. The summed E-state index contributed by atoms with van der Waals surface area (Å²) in [5, 5.41) is 28.9. The van der Waals surface area contributed by atoms with Gasteiger partial charge in [0.2, 0.25) is 0 Å². The molecule has 46 heavy (non-hydrogen) atoms. The Morgan fingerprint density at radius 2 is 1.70 bits per heavy atom. The van der Waals surface area contributed by atoms with Crippen LogP contribution in [0.25, 0.3) is 33.5 Å². The Balaban J connectivity index is 1.86. The van der Waals surface area contributed by atoms with E-state index in [-0.39, 0.29) is 53.2 Å². The molecule has 11 nitrogen and oxygen atoms in total. The molecule has 0 saturated carbocycles. The van der Waals surface area contributed by atoms with Crippen LogP contribution in [0.5, 0.6) is 11.5 Å². The Morgan fingerprint density at radius 3 is 2.37 bits per heavy atom. The lowest BCUT2D eigenvalue weighted by Gasteiger charge is -2.29. The van der Waals surface area contributed by atoms with Crippen LogP contribution in [0.4, 0.5) is 4.39 Å². The molecule has 12 heteroatoms. The summed E-state index contributed by atoms with van der Waals surface area (Å²) >= 11 is 0. The van der Waals surface area contributed by atoms with E-state index in [2.05, 4.69) is 4.98 Å². The van der Waals surface area contributed by atoms with Crippen molar-refractivity contribution in [1.29, 1.82) is 5.41 Å². The van der Waals surface area contributed by atoms with E-state index in [1.54, 1.807) is 24.3 Å². The van der Waals surface area contributed by atoms with Gasteiger partial charge in [0.1, 0.15) is 41.0 Å². The number of aromatic amines is 1. The smallest absolute Gasteiger partial charge is 0.321 e. The number of aliphatic hydroxyl groups is 2. The number of hydrogen-bond donors (Lipinski definition) is 5. The first-order valence-corrected chi connectivity index (χ1v) is 14.2. The van der Waals surface area contributed by atoms with Gasteiger partial charge in [-0.1, -0.05) is 30.3 Å². The largest absolute Gasteiger partial charge is 0.487 e. The number of methoxy groups -OCH3 is 2. The Labute approximate surface area is 263 Å². The normalized spacial score (nSPS) is 11.4. The maximum absolute atomic E-state index is 14.9. The van der Waals surface area contributed by atoms with Crippen molar-refractivity contribution in [3.05, 3.63) is 101 Å². The first-order valence-electron chi connectivity index (χ1n) is 14.2. The van der Waals surface area contributed by atoms with Gasteiger partial charge < -0.3 is 39.9 Å². The van der Waals surface area contributed by atoms with Crippen molar-refractivity contribution < 1.29 is 38.3 Å². The third-order valence-electron chi connectivity index (χ3n) is 7.60. The van der Waals surface area contributed by atoms with E-state index >= 15 is 0 Å². The molecule has 238 valence electrons. The van der Waals surface area contributed by atoms with Crippen molar-refractivity contribution in [2.24, 2.45) is 5.73 Å². The van der Waals surface area contributed by atoms with Crippen LogP contribution in [-0.2, 0) is 26.3 Å². The summed E-state index contributed by atoms with van der Waals surface area (Å²) in [4.78, 5) is 21.1. The van der Waals surface area contributed by atoms with Crippen molar-refractivity contribution >= 4 is 22.8 Å². The van der Waals surface area contributed by atoms with Gasteiger partial charge in [-0.2, -0.15) is 0 Å². The van der Waals surface area contributed by atoms with Crippen LogP contribution in [0.3, 0.4) is 0 Å². The van der Waals surface area contributed by atoms with Crippen molar-refractivity contribution in [3.8, 4) is 34.0 Å². The van der Waals surface area contributed by atoms with E-state index in [1.165, 1.54) is 31.4 Å². The molecular weight excluding hydrogens is 595 g/mol. The number of nitrogens with two attached hydrogens (primary N) is 1. The fraction of sp³-hybridized carbons (Fsp3) is 0.206. The molecule has 0 fully saturated rings. The number of nitrogens with one attached hydrogen (secondary N) is 2. The van der Waals surface area contributed by atoms with Crippen LogP contribution >= 0.6 is 0 Å². The van der Waals surface area contributed by atoms with E-state index in [0.717, 1.165) is 12.7 Å². The first-order chi connectivity index (χ1) is 22.2. The summed E-state index contributed by atoms with van der Waals surface area (Å²) in [6.45, 7) is -1.66. The molecule has 0 unspecified atom stereocenters. The molecule has 0 amide bonds. The SMILES string of the molecule is COCOc1ccc(F)cc1-c1cc(C(CO)(CO)C(=O)OC)cc(-c2nc3ccc(C(=N)N)cc3[nH]2)c1OCc1ccccc1. The number of nitrogens with zero attached hydrogens (tertiary/aromatic N) is 1. The van der Waals surface area contributed by atoms with Gasteiger partial charge in [-0.15, -0.1) is 0 Å². The summed E-state index contributed by atoms with van der Waals surface area (Å²) in [5.41, 5.74) is 7.19. The van der Waals surface area contributed by atoms with Gasteiger partial charge >= 0.3 is 5.97 Å². The highest BCUT2D eigenvalue weighted by Gasteiger charge is 2.42. The summed E-state index contributed by atoms with van der Waals surface area (Å²) < 4.78 is 37.3. The minimum atomic E-state index is -1.91. The first kappa shape index (κ1) is 32.1. The highest BCUT2D eigenvalue weighted by atomic mass is 19.1. The Hall–Kier alpha value is -5.30. The van der Waals surface area contributed by atoms with Crippen molar-refractivity contribution in [2.75, 3.05) is 34.2 Å². The molecule has 0 spiro atoms. The van der Waals surface area contributed by atoms with Crippen LogP contribution in [0.1, 0.15) is 16.7 Å². The summed E-state index contributed by atoms with van der Waals surface area (Å²) in [7, 11) is 2.60. The van der Waals surface area contributed by atoms with Gasteiger partial charge in [0.25, 0.3) is 0 Å². The molecule has 6 N–H and O–H groups in total. The number of fused-ring (bicyclic) bond motifs is 1. The lowest BCUT2D eigenvalue weighted by Crippen LogP contribution is -2.44. The maximum Gasteiger partial charge on any atom is 0.321 e. The molecule has 0 bridgehead atoms. The van der Waals surface area contributed by atoms with Crippen LogP contribution in [0.15, 0.2) is 78.9 Å². The van der Waals surface area contributed by atoms with Crippen LogP contribution < -0.4 is 15.2 Å². The summed E-state index contributed by atoms with van der Waals surface area (Å²) in [5.74, 6) is -0.836. The number of H-pyrrole nitrogens is 1. The molecule has 0 aliphatic rings. The molecule has 0 aliphatic carbocycles. The van der Waals surface area contributed by atoms with E-state index in [9.17, 15) is 19.4 Å². The summed E-state index contributed by atoms with van der Waals surface area (Å²) in [6.07, 6.45) is 0. The number of ether oxygens (including phenoxy) is 4. The molecule has 0 aliphatic heterocycles. The standard InChI is InChI=1S/C34H33FN4O7/c1-43-19-46-29-11-9-23(35)15-24(29)25-13-22(34(17-40,18-41)33(42)44-2)14-26(30(25)45-16-20-6-4-3-5-7-20)32-38-27-10-8-21(31(36)37)12-28(27)39-32/h3-15,40-41H,16-19H2,1-2H3,(H3,36,37)(H,38,39). The third-order valence-corrected chi connectivity index (χ3v) is 7.60. The Morgan fingerprint density at radius 1 is 0.957 bits per heavy atom. The average Bonchev–Trinajstić information content (AvgIpc) is 3.51. The predicted molar refractivity (Wildman–Crippen MR) is 169 cm³/mol. The quantitative estimate of drug-likeness (QED) is 0.0552. The van der Waals surface area contributed by atoms with Gasteiger partial charge in [0, 0.05) is 23.8 Å². The minimum Gasteiger partial charge on any atom is -0.487 e. The number of hydrogen-bond acceptors (Lipinski definition) is 9. The van der Waals surface area contributed by atoms with Gasteiger partial charge in [-0.25, -0.2) is 9.37 Å². The molecule has 4 aromatic carbocycles. The molecule has 0 atom stereocenters. The number of imidazole rings is 1. The second-order valence-corrected chi connectivity index (χ2v) is 10.5. The lowest BCUT2D eigenvalue weighted by atomic mass is 9.79. The molecule has 5 aromatic rings. The number of esters is 1. The van der Waals surface area contributed by atoms with Crippen LogP contribution in [0, 0.1) is 11.2 Å². The Bertz CT molecular complexity index is 1870. The number of benzene rings is 4. The fourth-order valence-electron chi connectivity index (χ4n) is 5.11. The highest BCUT2D eigenvalue weighted by Crippen LogP contribution is 2.46. The highest BCUT2D eigenvalue weighted by molar-refractivity contribution is 5.98.